The number of anilines is 2. The van der Waals surface area contributed by atoms with Gasteiger partial charge in [-0.1, -0.05) is 97.1 Å². The van der Waals surface area contributed by atoms with Gasteiger partial charge in [0.2, 0.25) is 0 Å². The Kier molecular flexibility index (Phi) is 4.40. The van der Waals surface area contributed by atoms with Gasteiger partial charge in [-0.05, 0) is 58.8 Å². The van der Waals surface area contributed by atoms with E-state index in [0.29, 0.717) is 0 Å². The SMILES string of the molecule is C1=CC2c3c(ccc4ccccc34)N(c3ccc4c(c3)c3cccc5nc(-c6ccccc6)c4n53)C2c2c1oc1ccccc21. The summed E-state index contributed by atoms with van der Waals surface area (Å²) < 4.78 is 8.77. The number of imidazole rings is 1. The molecule has 4 aromatic heterocycles. The topological polar surface area (TPSA) is 33.7 Å². The zero-order valence-corrected chi connectivity index (χ0v) is 24.2. The quantitative estimate of drug-likeness (QED) is 0.206. The summed E-state index contributed by atoms with van der Waals surface area (Å²) in [5.41, 5.74) is 11.5. The van der Waals surface area contributed by atoms with Crippen molar-refractivity contribution >= 4 is 66.6 Å². The van der Waals surface area contributed by atoms with Crippen molar-refractivity contribution in [3.05, 3.63) is 150 Å². The second kappa shape index (κ2) is 8.40. The monoisotopic (exact) mass is 575 g/mol. The third-order valence-electron chi connectivity index (χ3n) is 10.1. The van der Waals surface area contributed by atoms with Crippen LogP contribution in [0.4, 0.5) is 11.4 Å². The fourth-order valence-electron chi connectivity index (χ4n) is 8.28. The van der Waals surface area contributed by atoms with Gasteiger partial charge in [-0.25, -0.2) is 4.98 Å². The molecule has 0 spiro atoms. The summed E-state index contributed by atoms with van der Waals surface area (Å²) >= 11 is 0. The van der Waals surface area contributed by atoms with Crippen LogP contribution in [0.2, 0.25) is 0 Å². The Balaban J connectivity index is 1.20. The summed E-state index contributed by atoms with van der Waals surface area (Å²) in [5.74, 6) is 1.15. The zero-order chi connectivity index (χ0) is 29.2. The van der Waals surface area contributed by atoms with Crippen LogP contribution in [0, 0.1) is 0 Å². The van der Waals surface area contributed by atoms with Crippen molar-refractivity contribution in [3.8, 4) is 11.3 Å². The molecule has 0 saturated carbocycles. The van der Waals surface area contributed by atoms with Gasteiger partial charge in [-0.3, -0.25) is 4.40 Å². The van der Waals surface area contributed by atoms with Crippen LogP contribution in [-0.4, -0.2) is 9.38 Å². The maximum absolute atomic E-state index is 6.45. The van der Waals surface area contributed by atoms with E-state index >= 15 is 0 Å². The first-order valence-electron chi connectivity index (χ1n) is 15.6. The molecule has 9 aromatic rings. The Bertz CT molecular complexity index is 2680. The predicted octanol–water partition coefficient (Wildman–Crippen LogP) is 10.6. The van der Waals surface area contributed by atoms with Crippen molar-refractivity contribution in [3.63, 3.8) is 0 Å². The number of pyridine rings is 1. The predicted molar refractivity (Wildman–Crippen MR) is 184 cm³/mol. The molecule has 45 heavy (non-hydrogen) atoms. The van der Waals surface area contributed by atoms with E-state index in [1.54, 1.807) is 0 Å². The Morgan fingerprint density at radius 2 is 1.49 bits per heavy atom. The van der Waals surface area contributed by atoms with E-state index in [1.165, 1.54) is 60.5 Å². The molecule has 11 rings (SSSR count). The second-order valence-corrected chi connectivity index (χ2v) is 12.3. The van der Waals surface area contributed by atoms with Gasteiger partial charge in [-0.2, -0.15) is 0 Å². The standard InChI is InChI=1S/C41H25N3O/c1-2-10-25(11-3-1)39-41-28-19-18-26(23-31(28)32-14-8-16-36(42-39)44(32)41)43-33-21-17-24-9-4-5-12-27(24)37(33)30-20-22-35-38(40(30)43)29-13-6-7-15-34(29)45-35/h1-23,30,40H. The average Bonchev–Trinajstić information content (AvgIpc) is 3.85. The van der Waals surface area contributed by atoms with E-state index in [2.05, 4.69) is 149 Å². The van der Waals surface area contributed by atoms with Crippen molar-refractivity contribution in [2.24, 2.45) is 0 Å². The maximum Gasteiger partial charge on any atom is 0.138 e. The Hall–Kier alpha value is -5.87. The van der Waals surface area contributed by atoms with Crippen LogP contribution in [-0.2, 0) is 0 Å². The molecule has 5 aromatic carbocycles. The Morgan fingerprint density at radius 1 is 0.644 bits per heavy atom. The highest BCUT2D eigenvalue weighted by molar-refractivity contribution is 6.15. The molecule has 0 saturated heterocycles. The minimum absolute atomic E-state index is 0.0742. The smallest absolute Gasteiger partial charge is 0.138 e. The molecule has 0 bridgehead atoms. The van der Waals surface area contributed by atoms with Crippen molar-refractivity contribution in [2.45, 2.75) is 12.0 Å². The number of hydrogen-bond donors (Lipinski definition) is 0. The Morgan fingerprint density at radius 3 is 2.42 bits per heavy atom. The lowest BCUT2D eigenvalue weighted by Crippen LogP contribution is -2.23. The third kappa shape index (κ3) is 2.99. The highest BCUT2D eigenvalue weighted by Gasteiger charge is 2.44. The van der Waals surface area contributed by atoms with Crippen LogP contribution in [0.5, 0.6) is 0 Å². The number of benzene rings is 5. The minimum atomic E-state index is 0.0742. The number of furan rings is 1. The fraction of sp³-hybridized carbons (Fsp3) is 0.0488. The van der Waals surface area contributed by atoms with Gasteiger partial charge in [0, 0.05) is 44.6 Å². The molecular formula is C41H25N3O. The molecule has 210 valence electrons. The van der Waals surface area contributed by atoms with Crippen LogP contribution in [0.1, 0.15) is 28.8 Å². The number of hydrogen-bond acceptors (Lipinski definition) is 3. The van der Waals surface area contributed by atoms with Crippen molar-refractivity contribution in [1.29, 1.82) is 0 Å². The molecule has 0 fully saturated rings. The fourth-order valence-corrected chi connectivity index (χ4v) is 8.28. The van der Waals surface area contributed by atoms with Crippen LogP contribution in [0.3, 0.4) is 0 Å². The third-order valence-corrected chi connectivity index (χ3v) is 10.1. The lowest BCUT2D eigenvalue weighted by Gasteiger charge is -2.31. The molecule has 2 unspecified atom stereocenters. The molecule has 2 aliphatic rings. The molecule has 5 heterocycles. The molecule has 4 nitrogen and oxygen atoms in total. The van der Waals surface area contributed by atoms with E-state index in [1.807, 2.05) is 0 Å². The van der Waals surface area contributed by atoms with Crippen LogP contribution < -0.4 is 4.90 Å². The first kappa shape index (κ1) is 23.6. The number of fused-ring (bicyclic) bond motifs is 12. The summed E-state index contributed by atoms with van der Waals surface area (Å²) in [6.07, 6.45) is 4.55. The van der Waals surface area contributed by atoms with Gasteiger partial charge in [-0.15, -0.1) is 0 Å². The van der Waals surface area contributed by atoms with Gasteiger partial charge in [0.05, 0.1) is 22.8 Å². The molecule has 0 amide bonds. The van der Waals surface area contributed by atoms with Crippen LogP contribution in [0.15, 0.2) is 138 Å². The number of rotatable bonds is 2. The van der Waals surface area contributed by atoms with Gasteiger partial charge in [0.1, 0.15) is 17.0 Å². The summed E-state index contributed by atoms with van der Waals surface area (Å²) in [6.45, 7) is 0. The highest BCUT2D eigenvalue weighted by Crippen LogP contribution is 2.59. The molecule has 0 radical (unpaired) electrons. The lowest BCUT2D eigenvalue weighted by molar-refractivity contribution is 0.573. The summed E-state index contributed by atoms with van der Waals surface area (Å²) in [4.78, 5) is 7.66. The largest absolute Gasteiger partial charge is 0.456 e. The van der Waals surface area contributed by atoms with Crippen LogP contribution in [0.25, 0.3) is 66.5 Å². The maximum atomic E-state index is 6.45. The number of aromatic nitrogens is 2. The van der Waals surface area contributed by atoms with E-state index in [0.717, 1.165) is 28.2 Å². The average molecular weight is 576 g/mol. The first-order chi connectivity index (χ1) is 22.3. The zero-order valence-electron chi connectivity index (χ0n) is 24.2. The molecule has 2 atom stereocenters. The second-order valence-electron chi connectivity index (χ2n) is 12.3. The molecule has 4 heteroatoms. The van der Waals surface area contributed by atoms with Crippen molar-refractivity contribution in [2.75, 3.05) is 4.90 Å². The highest BCUT2D eigenvalue weighted by atomic mass is 16.3. The molecule has 1 aliphatic carbocycles. The van der Waals surface area contributed by atoms with Gasteiger partial charge < -0.3 is 9.32 Å². The summed E-state index contributed by atoms with van der Waals surface area (Å²) in [6, 6.07) is 45.9. The Labute approximate surface area is 258 Å². The van der Waals surface area contributed by atoms with E-state index in [-0.39, 0.29) is 12.0 Å². The van der Waals surface area contributed by atoms with Gasteiger partial charge in [0.15, 0.2) is 0 Å². The van der Waals surface area contributed by atoms with E-state index in [4.69, 9.17) is 9.40 Å². The van der Waals surface area contributed by atoms with Crippen molar-refractivity contribution < 1.29 is 4.42 Å². The minimum Gasteiger partial charge on any atom is -0.456 e. The van der Waals surface area contributed by atoms with E-state index < -0.39 is 0 Å². The molecule has 1 aliphatic heterocycles. The number of para-hydroxylation sites is 1. The van der Waals surface area contributed by atoms with Crippen molar-refractivity contribution in [1.82, 2.24) is 9.38 Å². The normalized spacial score (nSPS) is 17.2. The first-order valence-corrected chi connectivity index (χ1v) is 15.6. The lowest BCUT2D eigenvalue weighted by atomic mass is 9.83. The van der Waals surface area contributed by atoms with E-state index in [9.17, 15) is 0 Å². The molecule has 0 N–H and O–H groups in total. The van der Waals surface area contributed by atoms with Gasteiger partial charge in [0.25, 0.3) is 0 Å². The summed E-state index contributed by atoms with van der Waals surface area (Å²) in [7, 11) is 0. The van der Waals surface area contributed by atoms with Crippen LogP contribution >= 0.6 is 0 Å². The van der Waals surface area contributed by atoms with Gasteiger partial charge >= 0.3 is 0 Å². The number of nitrogens with zero attached hydrogens (tertiary/aromatic N) is 3. The molecular weight excluding hydrogens is 550 g/mol. The summed E-state index contributed by atoms with van der Waals surface area (Å²) in [5, 5.41) is 6.23.